The number of anilines is 2. The van der Waals surface area contributed by atoms with E-state index in [1.807, 2.05) is 19.1 Å². The lowest BCUT2D eigenvalue weighted by molar-refractivity contribution is -0.114. The fourth-order valence-corrected chi connectivity index (χ4v) is 3.25. The zero-order valence-electron chi connectivity index (χ0n) is 17.3. The number of carbonyl (C=O) groups excluding carboxylic acids is 2. The molecule has 0 atom stereocenters. The number of aromatic nitrogens is 3. The van der Waals surface area contributed by atoms with E-state index in [0.717, 1.165) is 10.1 Å². The van der Waals surface area contributed by atoms with Crippen LogP contribution >= 0.6 is 0 Å². The van der Waals surface area contributed by atoms with E-state index in [9.17, 15) is 18.4 Å². The van der Waals surface area contributed by atoms with Crippen LogP contribution in [-0.2, 0) is 4.79 Å². The SMILES string of the molecule is CC(=O)Nc1cccc(NC(=O)c2cnn3c(C(F)F)cc(-c4ccc(C)cc4)nc23)c1. The minimum Gasteiger partial charge on any atom is -0.326 e. The van der Waals surface area contributed by atoms with Gasteiger partial charge in [0.15, 0.2) is 5.65 Å². The first-order chi connectivity index (χ1) is 15.3. The average molecular weight is 435 g/mol. The van der Waals surface area contributed by atoms with Crippen LogP contribution in [0.1, 0.15) is 35.0 Å². The second-order valence-electron chi connectivity index (χ2n) is 7.24. The molecule has 0 bridgehead atoms. The molecule has 0 aliphatic heterocycles. The molecule has 32 heavy (non-hydrogen) atoms. The molecule has 4 rings (SSSR count). The molecule has 2 heterocycles. The fourth-order valence-electron chi connectivity index (χ4n) is 3.25. The first-order valence-electron chi connectivity index (χ1n) is 9.74. The normalized spacial score (nSPS) is 11.0. The Morgan fingerprint density at radius 1 is 1.00 bits per heavy atom. The van der Waals surface area contributed by atoms with Crippen LogP contribution in [-0.4, -0.2) is 26.4 Å². The number of nitrogens with one attached hydrogen (secondary N) is 2. The minimum absolute atomic E-state index is 0.0221. The van der Waals surface area contributed by atoms with Crippen LogP contribution < -0.4 is 10.6 Å². The van der Waals surface area contributed by atoms with Gasteiger partial charge in [-0.15, -0.1) is 0 Å². The summed E-state index contributed by atoms with van der Waals surface area (Å²) in [6, 6.07) is 15.1. The number of carbonyl (C=O) groups is 2. The number of nitrogens with zero attached hydrogens (tertiary/aromatic N) is 3. The van der Waals surface area contributed by atoms with Gasteiger partial charge >= 0.3 is 0 Å². The summed E-state index contributed by atoms with van der Waals surface area (Å²) in [4.78, 5) is 28.6. The number of hydrogen-bond acceptors (Lipinski definition) is 4. The molecule has 0 spiro atoms. The number of rotatable bonds is 5. The summed E-state index contributed by atoms with van der Waals surface area (Å²) < 4.78 is 28.5. The van der Waals surface area contributed by atoms with Crippen LogP contribution in [0, 0.1) is 6.92 Å². The second kappa shape index (κ2) is 8.54. The predicted octanol–water partition coefficient (Wildman–Crippen LogP) is 4.85. The topological polar surface area (TPSA) is 88.4 Å². The Morgan fingerprint density at radius 2 is 1.69 bits per heavy atom. The van der Waals surface area contributed by atoms with Gasteiger partial charge in [0.1, 0.15) is 11.3 Å². The highest BCUT2D eigenvalue weighted by molar-refractivity contribution is 6.08. The number of halogens is 2. The highest BCUT2D eigenvalue weighted by atomic mass is 19.3. The average Bonchev–Trinajstić information content (AvgIpc) is 3.17. The van der Waals surface area contributed by atoms with Gasteiger partial charge in [-0.2, -0.15) is 5.10 Å². The number of amides is 2. The summed E-state index contributed by atoms with van der Waals surface area (Å²) in [6.45, 7) is 3.30. The highest BCUT2D eigenvalue weighted by Crippen LogP contribution is 2.27. The van der Waals surface area contributed by atoms with E-state index in [0.29, 0.717) is 22.6 Å². The molecule has 162 valence electrons. The molecule has 0 aliphatic carbocycles. The van der Waals surface area contributed by atoms with E-state index in [4.69, 9.17) is 0 Å². The van der Waals surface area contributed by atoms with Crippen molar-refractivity contribution >= 4 is 28.8 Å². The molecular weight excluding hydrogens is 416 g/mol. The largest absolute Gasteiger partial charge is 0.326 e. The van der Waals surface area contributed by atoms with Crippen molar-refractivity contribution in [1.82, 2.24) is 14.6 Å². The first-order valence-corrected chi connectivity index (χ1v) is 9.74. The number of hydrogen-bond donors (Lipinski definition) is 2. The summed E-state index contributed by atoms with van der Waals surface area (Å²) in [6.07, 6.45) is -1.60. The van der Waals surface area contributed by atoms with Gasteiger partial charge in [-0.25, -0.2) is 18.3 Å². The zero-order chi connectivity index (χ0) is 22.8. The Morgan fingerprint density at radius 3 is 2.34 bits per heavy atom. The van der Waals surface area contributed by atoms with Crippen molar-refractivity contribution in [1.29, 1.82) is 0 Å². The zero-order valence-corrected chi connectivity index (χ0v) is 17.3. The maximum Gasteiger partial charge on any atom is 0.280 e. The third-order valence-corrected chi connectivity index (χ3v) is 4.76. The van der Waals surface area contributed by atoms with Crippen molar-refractivity contribution in [3.8, 4) is 11.3 Å². The van der Waals surface area contributed by atoms with Gasteiger partial charge in [0.05, 0.1) is 11.9 Å². The third kappa shape index (κ3) is 4.31. The van der Waals surface area contributed by atoms with Crippen molar-refractivity contribution in [3.05, 3.63) is 77.6 Å². The number of benzene rings is 2. The van der Waals surface area contributed by atoms with Gasteiger partial charge in [0, 0.05) is 23.9 Å². The molecule has 2 amide bonds. The Hall–Kier alpha value is -4.14. The van der Waals surface area contributed by atoms with Crippen LogP contribution in [0.2, 0.25) is 0 Å². The molecule has 0 radical (unpaired) electrons. The smallest absolute Gasteiger partial charge is 0.280 e. The molecule has 2 N–H and O–H groups in total. The van der Waals surface area contributed by atoms with E-state index < -0.39 is 12.3 Å². The van der Waals surface area contributed by atoms with Crippen LogP contribution in [0.4, 0.5) is 20.2 Å². The molecule has 2 aromatic carbocycles. The summed E-state index contributed by atoms with van der Waals surface area (Å²) in [5.41, 5.74) is 2.62. The van der Waals surface area contributed by atoms with Crippen molar-refractivity contribution in [2.45, 2.75) is 20.3 Å². The van der Waals surface area contributed by atoms with Crippen molar-refractivity contribution in [2.24, 2.45) is 0 Å². The van der Waals surface area contributed by atoms with Gasteiger partial charge in [0.25, 0.3) is 12.3 Å². The van der Waals surface area contributed by atoms with Crippen LogP contribution in [0.3, 0.4) is 0 Å². The summed E-state index contributed by atoms with van der Waals surface area (Å²) in [7, 11) is 0. The Labute approximate surface area is 182 Å². The molecule has 0 saturated carbocycles. The number of fused-ring (bicyclic) bond motifs is 1. The highest BCUT2D eigenvalue weighted by Gasteiger charge is 2.21. The van der Waals surface area contributed by atoms with Crippen LogP contribution in [0.5, 0.6) is 0 Å². The Kier molecular flexibility index (Phi) is 5.63. The summed E-state index contributed by atoms with van der Waals surface area (Å²) >= 11 is 0. The van der Waals surface area contributed by atoms with Crippen LogP contribution in [0.25, 0.3) is 16.9 Å². The fraction of sp³-hybridized carbons (Fsp3) is 0.130. The van der Waals surface area contributed by atoms with E-state index in [1.54, 1.807) is 36.4 Å². The predicted molar refractivity (Wildman–Crippen MR) is 117 cm³/mol. The first kappa shape index (κ1) is 21.1. The van der Waals surface area contributed by atoms with E-state index in [2.05, 4.69) is 20.7 Å². The lowest BCUT2D eigenvalue weighted by Gasteiger charge is -2.10. The van der Waals surface area contributed by atoms with Gasteiger partial charge in [-0.05, 0) is 31.2 Å². The lowest BCUT2D eigenvalue weighted by Crippen LogP contribution is -2.13. The number of aryl methyl sites for hydroxylation is 1. The lowest BCUT2D eigenvalue weighted by atomic mass is 10.1. The summed E-state index contributed by atoms with van der Waals surface area (Å²) in [5.74, 6) is -0.808. The Balaban J connectivity index is 1.73. The molecule has 4 aromatic rings. The maximum atomic E-state index is 13.7. The minimum atomic E-state index is -2.81. The summed E-state index contributed by atoms with van der Waals surface area (Å²) in [5, 5.41) is 9.29. The molecule has 9 heteroatoms. The van der Waals surface area contributed by atoms with Crippen molar-refractivity contribution in [2.75, 3.05) is 10.6 Å². The molecular formula is C23H19F2N5O2. The van der Waals surface area contributed by atoms with Crippen molar-refractivity contribution in [3.63, 3.8) is 0 Å². The van der Waals surface area contributed by atoms with Gasteiger partial charge in [-0.1, -0.05) is 35.9 Å². The monoisotopic (exact) mass is 435 g/mol. The second-order valence-corrected chi connectivity index (χ2v) is 7.24. The van der Waals surface area contributed by atoms with Gasteiger partial charge in [0.2, 0.25) is 5.91 Å². The maximum absolute atomic E-state index is 13.7. The standard InChI is InChI=1S/C23H19F2N5O2/c1-13-6-8-15(9-7-13)19-11-20(21(24)25)30-22(29-19)18(12-26-30)23(32)28-17-5-3-4-16(10-17)27-14(2)31/h3-12,21H,1-2H3,(H,27,31)(H,28,32). The molecule has 0 aliphatic rings. The Bertz CT molecular complexity index is 1320. The van der Waals surface area contributed by atoms with E-state index >= 15 is 0 Å². The number of alkyl halides is 2. The molecule has 7 nitrogen and oxygen atoms in total. The molecule has 2 aromatic heterocycles. The molecule has 0 saturated heterocycles. The van der Waals surface area contributed by atoms with E-state index in [1.165, 1.54) is 19.2 Å². The molecule has 0 unspecified atom stereocenters. The molecule has 0 fully saturated rings. The van der Waals surface area contributed by atoms with Gasteiger partial charge in [-0.3, -0.25) is 9.59 Å². The quantitative estimate of drug-likeness (QED) is 0.469. The van der Waals surface area contributed by atoms with Crippen LogP contribution in [0.15, 0.2) is 60.8 Å². The van der Waals surface area contributed by atoms with Crippen molar-refractivity contribution < 1.29 is 18.4 Å². The van der Waals surface area contributed by atoms with Gasteiger partial charge < -0.3 is 10.6 Å². The van der Waals surface area contributed by atoms with E-state index in [-0.39, 0.29) is 22.8 Å². The third-order valence-electron chi connectivity index (χ3n) is 4.76.